The number of likely N-dealkylation sites (tertiary alicyclic amines) is 1. The molecule has 1 aliphatic heterocycles. The molecule has 0 amide bonds. The van der Waals surface area contributed by atoms with Gasteiger partial charge in [-0.1, -0.05) is 17.3 Å². The van der Waals surface area contributed by atoms with E-state index in [1.54, 1.807) is 6.20 Å². The van der Waals surface area contributed by atoms with Crippen molar-refractivity contribution >= 4 is 0 Å². The van der Waals surface area contributed by atoms with E-state index in [1.807, 2.05) is 28.0 Å². The van der Waals surface area contributed by atoms with Crippen LogP contribution in [0, 0.1) is 0 Å². The highest BCUT2D eigenvalue weighted by molar-refractivity contribution is 5.34. The van der Waals surface area contributed by atoms with Gasteiger partial charge < -0.3 is 9.67 Å². The lowest BCUT2D eigenvalue weighted by Crippen LogP contribution is -2.34. The second-order valence-electron chi connectivity index (χ2n) is 6.81. The van der Waals surface area contributed by atoms with Gasteiger partial charge in [0.25, 0.3) is 0 Å². The van der Waals surface area contributed by atoms with Gasteiger partial charge in [-0.05, 0) is 30.5 Å². The summed E-state index contributed by atoms with van der Waals surface area (Å²) in [7, 11) is 0. The van der Waals surface area contributed by atoms with Crippen LogP contribution in [0.5, 0.6) is 0 Å². The highest BCUT2D eigenvalue weighted by Gasteiger charge is 2.21. The predicted octanol–water partition coefficient (Wildman–Crippen LogP) is 1.84. The Hall–Kier alpha value is -2.51. The zero-order valence-electron chi connectivity index (χ0n) is 14.8. The van der Waals surface area contributed by atoms with Crippen molar-refractivity contribution in [2.45, 2.75) is 31.8 Å². The zero-order chi connectivity index (χ0) is 17.8. The maximum atomic E-state index is 9.00. The van der Waals surface area contributed by atoms with Crippen molar-refractivity contribution < 1.29 is 5.11 Å². The largest absolute Gasteiger partial charge is 0.396 e. The van der Waals surface area contributed by atoms with Crippen molar-refractivity contribution in [3.05, 3.63) is 60.4 Å². The number of aliphatic hydroxyl groups excluding tert-OH is 1. The smallest absolute Gasteiger partial charge is 0.0991 e. The second-order valence-corrected chi connectivity index (χ2v) is 6.81. The molecule has 1 fully saturated rings. The minimum atomic E-state index is 0.122. The van der Waals surface area contributed by atoms with Crippen molar-refractivity contribution in [1.82, 2.24) is 29.4 Å². The molecule has 0 bridgehead atoms. The highest BCUT2D eigenvalue weighted by atomic mass is 16.3. The van der Waals surface area contributed by atoms with Crippen LogP contribution in [0.2, 0.25) is 0 Å². The molecule has 1 saturated heterocycles. The van der Waals surface area contributed by atoms with E-state index in [0.717, 1.165) is 43.9 Å². The third-order valence-corrected chi connectivity index (χ3v) is 5.00. The lowest BCUT2D eigenvalue weighted by molar-refractivity contribution is 0.172. The van der Waals surface area contributed by atoms with Gasteiger partial charge in [-0.15, -0.1) is 5.10 Å². The minimum absolute atomic E-state index is 0.122. The molecule has 4 rings (SSSR count). The van der Waals surface area contributed by atoms with Crippen LogP contribution >= 0.6 is 0 Å². The molecule has 136 valence electrons. The number of piperidine rings is 1. The lowest BCUT2D eigenvalue weighted by Gasteiger charge is -2.31. The number of rotatable bonds is 6. The Labute approximate surface area is 152 Å². The Kier molecular flexibility index (Phi) is 5.08. The monoisotopic (exact) mass is 352 g/mol. The summed E-state index contributed by atoms with van der Waals surface area (Å²) in [5.74, 6) is 0. The molecule has 0 atom stereocenters. The van der Waals surface area contributed by atoms with Gasteiger partial charge >= 0.3 is 0 Å². The SMILES string of the molecule is OCCc1cn(C2CCN(Cc3ccc(-n4ccnc4)cc3)CC2)nn1. The zero-order valence-corrected chi connectivity index (χ0v) is 14.8. The summed E-state index contributed by atoms with van der Waals surface area (Å²) in [4.78, 5) is 6.58. The van der Waals surface area contributed by atoms with Crippen LogP contribution in [0.15, 0.2) is 49.2 Å². The van der Waals surface area contributed by atoms with Crippen LogP contribution in [0.25, 0.3) is 5.69 Å². The van der Waals surface area contributed by atoms with Gasteiger partial charge in [-0.2, -0.15) is 0 Å². The number of imidazole rings is 1. The highest BCUT2D eigenvalue weighted by Crippen LogP contribution is 2.23. The number of benzene rings is 1. The van der Waals surface area contributed by atoms with Crippen molar-refractivity contribution in [2.24, 2.45) is 0 Å². The molecule has 0 saturated carbocycles. The summed E-state index contributed by atoms with van der Waals surface area (Å²) in [6.45, 7) is 3.22. The summed E-state index contributed by atoms with van der Waals surface area (Å²) in [6.07, 6.45) is 10.3. The van der Waals surface area contributed by atoms with E-state index in [-0.39, 0.29) is 6.61 Å². The van der Waals surface area contributed by atoms with Gasteiger partial charge in [-0.3, -0.25) is 4.90 Å². The summed E-state index contributed by atoms with van der Waals surface area (Å²) in [5, 5.41) is 17.4. The molecule has 0 radical (unpaired) electrons. The topological polar surface area (TPSA) is 72.0 Å². The molecule has 2 aromatic heterocycles. The number of nitrogens with zero attached hydrogens (tertiary/aromatic N) is 6. The predicted molar refractivity (Wildman–Crippen MR) is 97.9 cm³/mol. The third kappa shape index (κ3) is 3.84. The van der Waals surface area contributed by atoms with E-state index in [1.165, 1.54) is 5.56 Å². The van der Waals surface area contributed by atoms with Crippen LogP contribution in [0.1, 0.15) is 30.1 Å². The fourth-order valence-corrected chi connectivity index (χ4v) is 3.51. The van der Waals surface area contributed by atoms with Crippen molar-refractivity contribution in [3.63, 3.8) is 0 Å². The van der Waals surface area contributed by atoms with E-state index in [4.69, 9.17) is 5.11 Å². The normalized spacial score (nSPS) is 16.2. The maximum Gasteiger partial charge on any atom is 0.0991 e. The average molecular weight is 352 g/mol. The van der Waals surface area contributed by atoms with Gasteiger partial charge in [0, 0.05) is 56.9 Å². The van der Waals surface area contributed by atoms with Crippen LogP contribution in [0.4, 0.5) is 0 Å². The van der Waals surface area contributed by atoms with Gasteiger partial charge in [0.05, 0.1) is 18.1 Å². The van der Waals surface area contributed by atoms with E-state index < -0.39 is 0 Å². The molecular weight excluding hydrogens is 328 g/mol. The second kappa shape index (κ2) is 7.80. The average Bonchev–Trinajstić information content (AvgIpc) is 3.36. The lowest BCUT2D eigenvalue weighted by atomic mass is 10.0. The number of aliphatic hydroxyl groups is 1. The molecule has 26 heavy (non-hydrogen) atoms. The standard InChI is InChI=1S/C19H24N6O/c26-12-7-17-14-25(22-21-17)19-5-9-23(10-6-19)13-16-1-3-18(4-2-16)24-11-8-20-15-24/h1-4,8,11,14-15,19,26H,5-7,9-10,12-13H2. The van der Waals surface area contributed by atoms with Gasteiger partial charge in [0.1, 0.15) is 0 Å². The summed E-state index contributed by atoms with van der Waals surface area (Å²) in [5.41, 5.74) is 3.33. The maximum absolute atomic E-state index is 9.00. The van der Waals surface area contributed by atoms with Gasteiger partial charge in [0.15, 0.2) is 0 Å². The third-order valence-electron chi connectivity index (χ3n) is 5.00. The first kappa shape index (κ1) is 16.9. The molecule has 0 spiro atoms. The van der Waals surface area contributed by atoms with Crippen molar-refractivity contribution in [2.75, 3.05) is 19.7 Å². The summed E-state index contributed by atoms with van der Waals surface area (Å²) >= 11 is 0. The quantitative estimate of drug-likeness (QED) is 0.733. The molecule has 0 aliphatic carbocycles. The first-order valence-corrected chi connectivity index (χ1v) is 9.13. The molecule has 1 aromatic carbocycles. The number of hydrogen-bond donors (Lipinski definition) is 1. The van der Waals surface area contributed by atoms with Crippen LogP contribution in [-0.2, 0) is 13.0 Å². The molecule has 0 unspecified atom stereocenters. The molecule has 1 N–H and O–H groups in total. The first-order valence-electron chi connectivity index (χ1n) is 9.13. The van der Waals surface area contributed by atoms with E-state index >= 15 is 0 Å². The molecule has 7 nitrogen and oxygen atoms in total. The van der Waals surface area contributed by atoms with Gasteiger partial charge in [-0.25, -0.2) is 9.67 Å². The van der Waals surface area contributed by atoms with E-state index in [2.05, 4.69) is 44.5 Å². The fraction of sp³-hybridized carbons (Fsp3) is 0.421. The Balaban J connectivity index is 1.30. The fourth-order valence-electron chi connectivity index (χ4n) is 3.51. The molecule has 3 aromatic rings. The van der Waals surface area contributed by atoms with E-state index in [0.29, 0.717) is 12.5 Å². The van der Waals surface area contributed by atoms with Crippen LogP contribution in [0.3, 0.4) is 0 Å². The van der Waals surface area contributed by atoms with Crippen LogP contribution < -0.4 is 0 Å². The Morgan fingerprint density at radius 1 is 1.12 bits per heavy atom. The summed E-state index contributed by atoms with van der Waals surface area (Å²) < 4.78 is 3.99. The van der Waals surface area contributed by atoms with Crippen molar-refractivity contribution in [1.29, 1.82) is 0 Å². The number of aromatic nitrogens is 5. The molecule has 1 aliphatic rings. The first-order chi connectivity index (χ1) is 12.8. The molecular formula is C19H24N6O. The molecule has 3 heterocycles. The Morgan fingerprint density at radius 3 is 2.62 bits per heavy atom. The number of hydrogen-bond acceptors (Lipinski definition) is 5. The minimum Gasteiger partial charge on any atom is -0.396 e. The summed E-state index contributed by atoms with van der Waals surface area (Å²) in [6, 6.07) is 9.08. The Bertz CT molecular complexity index is 803. The van der Waals surface area contributed by atoms with Gasteiger partial charge in [0.2, 0.25) is 0 Å². The van der Waals surface area contributed by atoms with Crippen LogP contribution in [-0.4, -0.2) is 54.2 Å². The van der Waals surface area contributed by atoms with E-state index in [9.17, 15) is 0 Å². The van der Waals surface area contributed by atoms with Crippen molar-refractivity contribution in [3.8, 4) is 5.69 Å². The Morgan fingerprint density at radius 2 is 1.92 bits per heavy atom. The molecule has 7 heteroatoms.